The summed E-state index contributed by atoms with van der Waals surface area (Å²) in [6, 6.07) is 5.74. The van der Waals surface area contributed by atoms with Crippen molar-refractivity contribution in [2.45, 2.75) is 26.2 Å². The molecule has 0 bridgehead atoms. The Labute approximate surface area is 167 Å². The third-order valence-electron chi connectivity index (χ3n) is 3.76. The van der Waals surface area contributed by atoms with E-state index in [1.165, 1.54) is 12.8 Å². The van der Waals surface area contributed by atoms with Gasteiger partial charge < -0.3 is 24.8 Å². The minimum absolute atomic E-state index is 0. The average Bonchev–Trinajstić information content (AvgIpc) is 3.42. The van der Waals surface area contributed by atoms with Gasteiger partial charge in [0.25, 0.3) is 0 Å². The largest absolute Gasteiger partial charge is 0.493 e. The summed E-state index contributed by atoms with van der Waals surface area (Å²) >= 11 is 0. The highest BCUT2D eigenvalue weighted by Gasteiger charge is 2.20. The zero-order valence-electron chi connectivity index (χ0n) is 15.3. The lowest BCUT2D eigenvalue weighted by molar-refractivity contribution is 0.123. The first kappa shape index (κ1) is 21.8. The molecule has 25 heavy (non-hydrogen) atoms. The molecule has 2 rings (SSSR count). The van der Waals surface area contributed by atoms with E-state index in [-0.39, 0.29) is 24.0 Å². The van der Waals surface area contributed by atoms with E-state index in [9.17, 15) is 0 Å². The maximum atomic E-state index is 5.63. The van der Waals surface area contributed by atoms with Crippen molar-refractivity contribution in [3.63, 3.8) is 0 Å². The summed E-state index contributed by atoms with van der Waals surface area (Å²) in [4.78, 5) is 4.24. The minimum Gasteiger partial charge on any atom is -0.493 e. The Morgan fingerprint density at radius 1 is 1.28 bits per heavy atom. The molecular formula is C18H30IN3O3. The number of hydrogen-bond acceptors (Lipinski definition) is 4. The first-order valence-electron chi connectivity index (χ1n) is 8.63. The van der Waals surface area contributed by atoms with Crippen molar-refractivity contribution in [1.82, 2.24) is 5.32 Å². The molecule has 0 spiro atoms. The molecule has 0 radical (unpaired) electrons. The number of ether oxygens (including phenoxy) is 3. The molecule has 1 fully saturated rings. The maximum absolute atomic E-state index is 5.63. The van der Waals surface area contributed by atoms with Crippen molar-refractivity contribution in [2.75, 3.05) is 45.8 Å². The Morgan fingerprint density at radius 2 is 2.08 bits per heavy atom. The van der Waals surface area contributed by atoms with Crippen LogP contribution in [0.15, 0.2) is 23.2 Å². The van der Waals surface area contributed by atoms with Gasteiger partial charge in [0.2, 0.25) is 0 Å². The van der Waals surface area contributed by atoms with Gasteiger partial charge in [0.1, 0.15) is 0 Å². The van der Waals surface area contributed by atoms with Gasteiger partial charge in [-0.1, -0.05) is 0 Å². The molecule has 0 aromatic heterocycles. The third-order valence-corrected chi connectivity index (χ3v) is 3.76. The zero-order valence-corrected chi connectivity index (χ0v) is 17.7. The first-order chi connectivity index (χ1) is 11.8. The second-order valence-electron chi connectivity index (χ2n) is 5.79. The summed E-state index contributed by atoms with van der Waals surface area (Å²) in [6.45, 7) is 5.08. The van der Waals surface area contributed by atoms with E-state index in [4.69, 9.17) is 14.2 Å². The molecule has 0 unspecified atom stereocenters. The molecule has 1 aromatic rings. The highest BCUT2D eigenvalue weighted by molar-refractivity contribution is 14.0. The lowest BCUT2D eigenvalue weighted by Crippen LogP contribution is -2.32. The molecular weight excluding hydrogens is 433 g/mol. The molecule has 1 saturated carbocycles. The number of hydrogen-bond donors (Lipinski definition) is 2. The monoisotopic (exact) mass is 463 g/mol. The van der Waals surface area contributed by atoms with E-state index in [1.807, 2.05) is 25.1 Å². The van der Waals surface area contributed by atoms with Crippen molar-refractivity contribution < 1.29 is 14.2 Å². The summed E-state index contributed by atoms with van der Waals surface area (Å²) in [5.41, 5.74) is 0.897. The van der Waals surface area contributed by atoms with E-state index in [0.717, 1.165) is 49.5 Å². The molecule has 1 aromatic carbocycles. The second-order valence-corrected chi connectivity index (χ2v) is 5.79. The number of anilines is 1. The van der Waals surface area contributed by atoms with Gasteiger partial charge in [-0.25, -0.2) is 0 Å². The fraction of sp³-hybridized carbons (Fsp3) is 0.611. The Morgan fingerprint density at radius 3 is 2.72 bits per heavy atom. The summed E-state index contributed by atoms with van der Waals surface area (Å²) in [5.74, 6) is 2.98. The van der Waals surface area contributed by atoms with Gasteiger partial charge in [-0.2, -0.15) is 0 Å². The van der Waals surface area contributed by atoms with Gasteiger partial charge in [-0.15, -0.1) is 24.0 Å². The Hall–Kier alpha value is -1.22. The fourth-order valence-corrected chi connectivity index (χ4v) is 2.25. The summed E-state index contributed by atoms with van der Waals surface area (Å²) in [6.07, 6.45) is 3.63. The van der Waals surface area contributed by atoms with Crippen LogP contribution in [0.1, 0.15) is 26.2 Å². The number of halogens is 1. The maximum Gasteiger partial charge on any atom is 0.195 e. The standard InChI is InChI=1S/C18H29N3O3.HI/c1-4-24-16-9-8-15(12-17(16)22-3)21-18(19-2)20-10-5-11-23-13-14-6-7-14;/h8-9,12,14H,4-7,10-11,13H2,1-3H3,(H2,19,20,21);1H. The molecule has 0 heterocycles. The predicted molar refractivity (Wildman–Crippen MR) is 113 cm³/mol. The molecule has 2 N–H and O–H groups in total. The molecule has 1 aliphatic rings. The number of rotatable bonds is 10. The number of guanidine groups is 1. The van der Waals surface area contributed by atoms with Crippen molar-refractivity contribution in [3.8, 4) is 11.5 Å². The van der Waals surface area contributed by atoms with E-state index in [0.29, 0.717) is 12.4 Å². The highest BCUT2D eigenvalue weighted by Crippen LogP contribution is 2.30. The Balaban J connectivity index is 0.00000312. The summed E-state index contributed by atoms with van der Waals surface area (Å²) in [7, 11) is 3.39. The van der Waals surface area contributed by atoms with Crippen LogP contribution in [0.4, 0.5) is 5.69 Å². The van der Waals surface area contributed by atoms with Gasteiger partial charge in [-0.3, -0.25) is 4.99 Å². The van der Waals surface area contributed by atoms with Crippen LogP contribution in [0.2, 0.25) is 0 Å². The molecule has 1 aliphatic carbocycles. The number of methoxy groups -OCH3 is 1. The van der Waals surface area contributed by atoms with Crippen LogP contribution < -0.4 is 20.1 Å². The molecule has 0 atom stereocenters. The van der Waals surface area contributed by atoms with Gasteiger partial charge in [0.05, 0.1) is 13.7 Å². The van der Waals surface area contributed by atoms with Crippen LogP contribution in [0.3, 0.4) is 0 Å². The number of nitrogens with one attached hydrogen (secondary N) is 2. The average molecular weight is 463 g/mol. The Kier molecular flexibility index (Phi) is 10.6. The van der Waals surface area contributed by atoms with Crippen LogP contribution in [0.25, 0.3) is 0 Å². The lowest BCUT2D eigenvalue weighted by Gasteiger charge is -2.14. The van der Waals surface area contributed by atoms with Gasteiger partial charge in [0, 0.05) is 38.6 Å². The topological polar surface area (TPSA) is 64.1 Å². The summed E-state index contributed by atoms with van der Waals surface area (Å²) < 4.78 is 16.5. The van der Waals surface area contributed by atoms with Gasteiger partial charge in [0.15, 0.2) is 17.5 Å². The normalized spacial score (nSPS) is 13.8. The molecule has 0 saturated heterocycles. The van der Waals surface area contributed by atoms with Crippen molar-refractivity contribution in [1.29, 1.82) is 0 Å². The molecule has 142 valence electrons. The van der Waals surface area contributed by atoms with E-state index in [2.05, 4.69) is 15.6 Å². The Bertz CT molecular complexity index is 536. The molecule has 0 amide bonds. The lowest BCUT2D eigenvalue weighted by atomic mass is 10.2. The molecule has 7 heteroatoms. The zero-order chi connectivity index (χ0) is 17.2. The third kappa shape index (κ3) is 8.13. The summed E-state index contributed by atoms with van der Waals surface area (Å²) in [5, 5.41) is 6.54. The van der Waals surface area contributed by atoms with Crippen molar-refractivity contribution in [3.05, 3.63) is 18.2 Å². The second kappa shape index (κ2) is 12.2. The molecule has 0 aliphatic heterocycles. The van der Waals surface area contributed by atoms with Crippen LogP contribution in [-0.2, 0) is 4.74 Å². The quantitative estimate of drug-likeness (QED) is 0.241. The number of nitrogens with zero attached hydrogens (tertiary/aromatic N) is 1. The van der Waals surface area contributed by atoms with Crippen molar-refractivity contribution >= 4 is 35.6 Å². The first-order valence-corrected chi connectivity index (χ1v) is 8.63. The minimum atomic E-state index is 0. The number of benzene rings is 1. The van der Waals surface area contributed by atoms with Gasteiger partial charge in [-0.05, 0) is 44.2 Å². The fourth-order valence-electron chi connectivity index (χ4n) is 2.25. The highest BCUT2D eigenvalue weighted by atomic mass is 127. The van der Waals surface area contributed by atoms with E-state index < -0.39 is 0 Å². The van der Waals surface area contributed by atoms with Crippen LogP contribution in [0.5, 0.6) is 11.5 Å². The van der Waals surface area contributed by atoms with Crippen LogP contribution in [0, 0.1) is 5.92 Å². The van der Waals surface area contributed by atoms with Crippen LogP contribution in [-0.4, -0.2) is 46.5 Å². The number of aliphatic imine (C=N–C) groups is 1. The SMILES string of the molecule is CCOc1ccc(NC(=NC)NCCCOCC2CC2)cc1OC.I. The van der Waals surface area contributed by atoms with E-state index >= 15 is 0 Å². The van der Waals surface area contributed by atoms with Crippen molar-refractivity contribution in [2.24, 2.45) is 10.9 Å². The van der Waals surface area contributed by atoms with Gasteiger partial charge >= 0.3 is 0 Å². The van der Waals surface area contributed by atoms with Crippen LogP contribution >= 0.6 is 24.0 Å². The smallest absolute Gasteiger partial charge is 0.195 e. The predicted octanol–water partition coefficient (Wildman–Crippen LogP) is 3.52. The van der Waals surface area contributed by atoms with E-state index in [1.54, 1.807) is 14.2 Å². The molecule has 6 nitrogen and oxygen atoms in total.